The summed E-state index contributed by atoms with van der Waals surface area (Å²) in [5, 5.41) is 0.499. The summed E-state index contributed by atoms with van der Waals surface area (Å²) in [6.45, 7) is 1.79. The molecule has 0 radical (unpaired) electrons. The highest BCUT2D eigenvalue weighted by Gasteiger charge is 2.50. The molecule has 4 saturated carbocycles. The van der Waals surface area contributed by atoms with Crippen LogP contribution in [0.25, 0.3) is 0 Å². The van der Waals surface area contributed by atoms with Gasteiger partial charge in [-0.3, -0.25) is 0 Å². The molecule has 21 heavy (non-hydrogen) atoms. The fourth-order valence-electron chi connectivity index (χ4n) is 5.70. The summed E-state index contributed by atoms with van der Waals surface area (Å²) in [6, 6.07) is 3.27. The van der Waals surface area contributed by atoms with Crippen molar-refractivity contribution in [3.8, 4) is 0 Å². The SMILES string of the molecule is Cc1cc(C(N)C2C3CC4CC(C3)CC2C4)c(Cl)cc1F. The maximum absolute atomic E-state index is 13.6. The van der Waals surface area contributed by atoms with E-state index in [9.17, 15) is 4.39 Å². The minimum Gasteiger partial charge on any atom is -0.324 e. The molecule has 1 atom stereocenters. The van der Waals surface area contributed by atoms with Gasteiger partial charge in [0.05, 0.1) is 0 Å². The van der Waals surface area contributed by atoms with Crippen molar-refractivity contribution < 1.29 is 4.39 Å². The first kappa shape index (κ1) is 14.0. The molecule has 0 spiro atoms. The van der Waals surface area contributed by atoms with Crippen LogP contribution in [-0.2, 0) is 0 Å². The van der Waals surface area contributed by atoms with Crippen molar-refractivity contribution in [3.05, 3.63) is 34.1 Å². The third-order valence-corrected chi connectivity index (χ3v) is 6.68. The summed E-state index contributed by atoms with van der Waals surface area (Å²) >= 11 is 6.29. The first-order valence-corrected chi connectivity index (χ1v) is 8.62. The van der Waals surface area contributed by atoms with Crippen LogP contribution in [-0.4, -0.2) is 0 Å². The third-order valence-electron chi connectivity index (χ3n) is 6.35. The number of rotatable bonds is 2. The Kier molecular flexibility index (Phi) is 3.31. The zero-order chi connectivity index (χ0) is 14.7. The Morgan fingerprint density at radius 3 is 2.24 bits per heavy atom. The van der Waals surface area contributed by atoms with Gasteiger partial charge in [-0.25, -0.2) is 4.39 Å². The molecule has 0 aromatic heterocycles. The van der Waals surface area contributed by atoms with Crippen LogP contribution >= 0.6 is 11.6 Å². The maximum Gasteiger partial charge on any atom is 0.127 e. The summed E-state index contributed by atoms with van der Waals surface area (Å²) < 4.78 is 13.6. The van der Waals surface area contributed by atoms with Crippen LogP contribution in [0.1, 0.15) is 49.3 Å². The standard InChI is InChI=1S/C18H23ClFN/c1-9-2-14(15(19)8-16(9)20)18(21)17-12-4-10-3-11(6-12)7-13(17)5-10/h2,8,10-13,17-18H,3-7,21H2,1H3. The Balaban J connectivity index is 1.66. The van der Waals surface area contributed by atoms with Gasteiger partial charge < -0.3 is 5.73 Å². The fourth-order valence-corrected chi connectivity index (χ4v) is 5.97. The van der Waals surface area contributed by atoms with Crippen LogP contribution in [0.2, 0.25) is 5.02 Å². The number of halogens is 2. The summed E-state index contributed by atoms with van der Waals surface area (Å²) in [7, 11) is 0. The van der Waals surface area contributed by atoms with Crippen molar-refractivity contribution in [2.75, 3.05) is 0 Å². The first-order chi connectivity index (χ1) is 10.0. The van der Waals surface area contributed by atoms with Gasteiger partial charge in [0, 0.05) is 11.1 Å². The van der Waals surface area contributed by atoms with E-state index in [1.807, 2.05) is 6.07 Å². The molecular weight excluding hydrogens is 285 g/mol. The quantitative estimate of drug-likeness (QED) is 0.829. The lowest BCUT2D eigenvalue weighted by Gasteiger charge is -2.56. The molecule has 2 N–H and O–H groups in total. The van der Waals surface area contributed by atoms with Gasteiger partial charge in [0.15, 0.2) is 0 Å². The maximum atomic E-state index is 13.6. The van der Waals surface area contributed by atoms with E-state index in [2.05, 4.69) is 0 Å². The zero-order valence-corrected chi connectivity index (χ0v) is 13.2. The van der Waals surface area contributed by atoms with Crippen molar-refractivity contribution in [2.24, 2.45) is 35.3 Å². The van der Waals surface area contributed by atoms with Crippen LogP contribution in [0.5, 0.6) is 0 Å². The van der Waals surface area contributed by atoms with E-state index in [-0.39, 0.29) is 11.9 Å². The molecule has 5 rings (SSSR count). The van der Waals surface area contributed by atoms with Crippen molar-refractivity contribution >= 4 is 11.6 Å². The number of hydrogen-bond donors (Lipinski definition) is 1. The van der Waals surface area contributed by atoms with E-state index in [1.165, 1.54) is 38.2 Å². The molecule has 4 bridgehead atoms. The average molecular weight is 308 g/mol. The largest absolute Gasteiger partial charge is 0.324 e. The van der Waals surface area contributed by atoms with Gasteiger partial charge in [-0.15, -0.1) is 0 Å². The van der Waals surface area contributed by atoms with Crippen molar-refractivity contribution in [3.63, 3.8) is 0 Å². The second-order valence-corrected chi connectivity index (χ2v) is 8.06. The second kappa shape index (κ2) is 4.96. The number of hydrogen-bond acceptors (Lipinski definition) is 1. The molecule has 1 aromatic carbocycles. The number of benzene rings is 1. The lowest BCUT2D eigenvalue weighted by molar-refractivity contribution is -0.0471. The van der Waals surface area contributed by atoms with E-state index < -0.39 is 0 Å². The zero-order valence-electron chi connectivity index (χ0n) is 12.5. The highest BCUT2D eigenvalue weighted by atomic mass is 35.5. The molecule has 4 aliphatic rings. The Bertz CT molecular complexity index is 543. The molecule has 1 nitrogen and oxygen atoms in total. The van der Waals surface area contributed by atoms with E-state index in [4.69, 9.17) is 17.3 Å². The Morgan fingerprint density at radius 2 is 1.67 bits per heavy atom. The molecule has 4 fully saturated rings. The molecule has 0 aliphatic heterocycles. The normalized spacial score (nSPS) is 38.8. The Hall–Kier alpha value is -0.600. The molecule has 0 saturated heterocycles. The van der Waals surface area contributed by atoms with Crippen molar-refractivity contribution in [2.45, 2.75) is 45.1 Å². The third kappa shape index (κ3) is 2.22. The minimum absolute atomic E-state index is 0.0354. The summed E-state index contributed by atoms with van der Waals surface area (Å²) in [4.78, 5) is 0. The molecule has 0 heterocycles. The highest BCUT2D eigenvalue weighted by molar-refractivity contribution is 6.31. The number of nitrogens with two attached hydrogens (primary N) is 1. The molecule has 0 amide bonds. The lowest BCUT2D eigenvalue weighted by atomic mass is 9.50. The topological polar surface area (TPSA) is 26.0 Å². The van der Waals surface area contributed by atoms with Gasteiger partial charge in [0.25, 0.3) is 0 Å². The average Bonchev–Trinajstić information content (AvgIpc) is 2.41. The van der Waals surface area contributed by atoms with Gasteiger partial charge >= 0.3 is 0 Å². The second-order valence-electron chi connectivity index (χ2n) is 7.66. The van der Waals surface area contributed by atoms with Gasteiger partial charge in [-0.05, 0) is 85.8 Å². The summed E-state index contributed by atoms with van der Waals surface area (Å²) in [6.07, 6.45) is 6.85. The molecule has 3 heteroatoms. The predicted octanol–water partition coefficient (Wildman–Crippen LogP) is 4.86. The van der Waals surface area contributed by atoms with Gasteiger partial charge in [0.2, 0.25) is 0 Å². The van der Waals surface area contributed by atoms with E-state index in [0.29, 0.717) is 16.5 Å². The fraction of sp³-hybridized carbons (Fsp3) is 0.667. The Morgan fingerprint density at radius 1 is 1.10 bits per heavy atom. The summed E-state index contributed by atoms with van der Waals surface area (Å²) in [5.41, 5.74) is 8.23. The minimum atomic E-state index is -0.235. The van der Waals surface area contributed by atoms with Gasteiger partial charge in [-0.1, -0.05) is 17.7 Å². The van der Waals surface area contributed by atoms with Crippen LogP contribution in [0.3, 0.4) is 0 Å². The van der Waals surface area contributed by atoms with E-state index in [0.717, 1.165) is 29.2 Å². The van der Waals surface area contributed by atoms with Crippen LogP contribution in [0.4, 0.5) is 4.39 Å². The lowest BCUT2D eigenvalue weighted by Crippen LogP contribution is -2.48. The first-order valence-electron chi connectivity index (χ1n) is 8.24. The monoisotopic (exact) mass is 307 g/mol. The highest BCUT2D eigenvalue weighted by Crippen LogP contribution is 2.59. The van der Waals surface area contributed by atoms with E-state index in [1.54, 1.807) is 6.92 Å². The smallest absolute Gasteiger partial charge is 0.127 e. The van der Waals surface area contributed by atoms with Gasteiger partial charge in [-0.2, -0.15) is 0 Å². The number of aryl methyl sites for hydroxylation is 1. The van der Waals surface area contributed by atoms with E-state index >= 15 is 0 Å². The summed E-state index contributed by atoms with van der Waals surface area (Å²) in [5.74, 6) is 3.72. The van der Waals surface area contributed by atoms with Crippen LogP contribution < -0.4 is 5.73 Å². The Labute approximate surface area is 131 Å². The van der Waals surface area contributed by atoms with Gasteiger partial charge in [0.1, 0.15) is 5.82 Å². The molecule has 4 aliphatic carbocycles. The molecule has 114 valence electrons. The van der Waals surface area contributed by atoms with Crippen molar-refractivity contribution in [1.29, 1.82) is 0 Å². The van der Waals surface area contributed by atoms with Crippen LogP contribution in [0.15, 0.2) is 12.1 Å². The molecule has 1 aromatic rings. The van der Waals surface area contributed by atoms with Crippen molar-refractivity contribution in [1.82, 2.24) is 0 Å². The molecular formula is C18H23ClFN. The predicted molar refractivity (Wildman–Crippen MR) is 83.6 cm³/mol. The molecule has 1 unspecified atom stereocenters. The van der Waals surface area contributed by atoms with Crippen LogP contribution in [0, 0.1) is 42.3 Å².